The summed E-state index contributed by atoms with van der Waals surface area (Å²) in [5.74, 6) is 2.36. The molecule has 3 nitrogen and oxygen atoms in total. The lowest BCUT2D eigenvalue weighted by atomic mass is 9.87. The normalized spacial score (nSPS) is 24.0. The van der Waals surface area contributed by atoms with Crippen molar-refractivity contribution < 1.29 is 0 Å². The molecule has 1 saturated carbocycles. The lowest BCUT2D eigenvalue weighted by Crippen LogP contribution is -2.45. The summed E-state index contributed by atoms with van der Waals surface area (Å²) in [6.45, 7) is 5.54. The van der Waals surface area contributed by atoms with Crippen LogP contribution in [0.25, 0.3) is 0 Å². The fourth-order valence-corrected chi connectivity index (χ4v) is 3.50. The Balaban J connectivity index is 0.00000220. The van der Waals surface area contributed by atoms with Gasteiger partial charge in [0.25, 0.3) is 0 Å². The maximum Gasteiger partial charge on any atom is 0.191 e. The fourth-order valence-electron chi connectivity index (χ4n) is 2.72. The van der Waals surface area contributed by atoms with Crippen molar-refractivity contribution in [3.8, 4) is 0 Å². The summed E-state index contributed by atoms with van der Waals surface area (Å²) in [7, 11) is 1.86. The third-order valence-corrected chi connectivity index (χ3v) is 4.97. The summed E-state index contributed by atoms with van der Waals surface area (Å²) in [5.41, 5.74) is 1.41. The number of guanidine groups is 1. The minimum Gasteiger partial charge on any atom is -0.356 e. The largest absolute Gasteiger partial charge is 0.356 e. The Morgan fingerprint density at radius 3 is 2.67 bits per heavy atom. The van der Waals surface area contributed by atoms with Crippen LogP contribution in [0.2, 0.25) is 0 Å². The molecule has 1 fully saturated rings. The quantitative estimate of drug-likeness (QED) is 0.434. The van der Waals surface area contributed by atoms with E-state index in [2.05, 4.69) is 46.3 Å². The molecule has 0 spiro atoms. The Kier molecular flexibility index (Phi) is 8.63. The smallest absolute Gasteiger partial charge is 0.191 e. The highest BCUT2D eigenvalue weighted by molar-refractivity contribution is 14.0. The summed E-state index contributed by atoms with van der Waals surface area (Å²) in [6, 6.07) is 2.80. The van der Waals surface area contributed by atoms with Gasteiger partial charge in [-0.1, -0.05) is 13.8 Å². The molecule has 0 saturated heterocycles. The zero-order valence-electron chi connectivity index (χ0n) is 13.3. The van der Waals surface area contributed by atoms with Gasteiger partial charge in [0.15, 0.2) is 5.96 Å². The molecule has 0 aromatic carbocycles. The summed E-state index contributed by atoms with van der Waals surface area (Å²) in [4.78, 5) is 4.35. The van der Waals surface area contributed by atoms with Crippen LogP contribution in [-0.2, 0) is 0 Å². The van der Waals surface area contributed by atoms with Crippen LogP contribution in [0.5, 0.6) is 0 Å². The second kappa shape index (κ2) is 9.66. The molecule has 0 aliphatic heterocycles. The van der Waals surface area contributed by atoms with Crippen molar-refractivity contribution in [1.82, 2.24) is 10.6 Å². The minimum absolute atomic E-state index is 0. The van der Waals surface area contributed by atoms with Gasteiger partial charge in [0.2, 0.25) is 0 Å². The zero-order valence-corrected chi connectivity index (χ0v) is 16.4. The average Bonchev–Trinajstić information content (AvgIpc) is 2.99. The highest BCUT2D eigenvalue weighted by atomic mass is 127. The summed E-state index contributed by atoms with van der Waals surface area (Å²) >= 11 is 1.76. The second-order valence-corrected chi connectivity index (χ2v) is 6.79. The topological polar surface area (TPSA) is 36.4 Å². The molecule has 0 bridgehead atoms. The molecule has 0 radical (unpaired) electrons. The molecule has 2 rings (SSSR count). The van der Waals surface area contributed by atoms with E-state index in [1.807, 2.05) is 7.05 Å². The van der Waals surface area contributed by atoms with E-state index >= 15 is 0 Å². The summed E-state index contributed by atoms with van der Waals surface area (Å²) < 4.78 is 0. The van der Waals surface area contributed by atoms with Crippen LogP contribution >= 0.6 is 35.3 Å². The maximum absolute atomic E-state index is 4.35. The molecule has 1 aromatic rings. The Bertz CT molecular complexity index is 411. The van der Waals surface area contributed by atoms with E-state index in [-0.39, 0.29) is 24.0 Å². The van der Waals surface area contributed by atoms with Gasteiger partial charge in [0.1, 0.15) is 0 Å². The summed E-state index contributed by atoms with van der Waals surface area (Å²) in [5, 5.41) is 11.4. The molecule has 21 heavy (non-hydrogen) atoms. The SMILES string of the molecule is CN=C(NCC(C)c1ccsc1)NC1CCC(C)CC1.I. The van der Waals surface area contributed by atoms with E-state index < -0.39 is 0 Å². The van der Waals surface area contributed by atoms with E-state index in [0.717, 1.165) is 18.4 Å². The van der Waals surface area contributed by atoms with Gasteiger partial charge in [-0.2, -0.15) is 11.3 Å². The van der Waals surface area contributed by atoms with Gasteiger partial charge in [0.05, 0.1) is 0 Å². The Morgan fingerprint density at radius 2 is 2.10 bits per heavy atom. The summed E-state index contributed by atoms with van der Waals surface area (Å²) in [6.07, 6.45) is 5.20. The molecule has 0 amide bonds. The van der Waals surface area contributed by atoms with E-state index in [9.17, 15) is 0 Å². The number of halogens is 1. The van der Waals surface area contributed by atoms with Crippen molar-refractivity contribution in [3.63, 3.8) is 0 Å². The van der Waals surface area contributed by atoms with Crippen molar-refractivity contribution >= 4 is 41.3 Å². The molecule has 1 aromatic heterocycles. The Morgan fingerprint density at radius 1 is 1.38 bits per heavy atom. The van der Waals surface area contributed by atoms with Crippen LogP contribution in [0, 0.1) is 5.92 Å². The van der Waals surface area contributed by atoms with Crippen molar-refractivity contribution in [2.24, 2.45) is 10.9 Å². The van der Waals surface area contributed by atoms with E-state index in [0.29, 0.717) is 12.0 Å². The number of thiophene rings is 1. The molecule has 5 heteroatoms. The first kappa shape index (κ1) is 18.7. The van der Waals surface area contributed by atoms with Gasteiger partial charge < -0.3 is 10.6 Å². The van der Waals surface area contributed by atoms with E-state index in [1.165, 1.54) is 31.2 Å². The van der Waals surface area contributed by atoms with Gasteiger partial charge in [-0.25, -0.2) is 0 Å². The maximum atomic E-state index is 4.35. The first-order valence-electron chi connectivity index (χ1n) is 7.68. The molecular weight excluding hydrogens is 393 g/mol. The van der Waals surface area contributed by atoms with Gasteiger partial charge in [-0.15, -0.1) is 24.0 Å². The van der Waals surface area contributed by atoms with Crippen LogP contribution in [-0.4, -0.2) is 25.6 Å². The molecule has 120 valence electrons. The second-order valence-electron chi connectivity index (χ2n) is 6.01. The third kappa shape index (κ3) is 6.14. The molecule has 2 N–H and O–H groups in total. The van der Waals surface area contributed by atoms with Gasteiger partial charge >= 0.3 is 0 Å². The van der Waals surface area contributed by atoms with Crippen LogP contribution in [0.4, 0.5) is 0 Å². The lowest BCUT2D eigenvalue weighted by molar-refractivity contribution is 0.329. The van der Waals surface area contributed by atoms with Gasteiger partial charge in [-0.3, -0.25) is 4.99 Å². The molecule has 1 aliphatic carbocycles. The minimum atomic E-state index is 0. The first-order chi connectivity index (χ1) is 9.69. The van der Waals surface area contributed by atoms with Gasteiger partial charge in [-0.05, 0) is 59.9 Å². The van der Waals surface area contributed by atoms with Crippen LogP contribution in [0.15, 0.2) is 21.8 Å². The number of rotatable bonds is 4. The number of hydrogen-bond acceptors (Lipinski definition) is 2. The monoisotopic (exact) mass is 421 g/mol. The van der Waals surface area contributed by atoms with Crippen LogP contribution < -0.4 is 10.6 Å². The predicted octanol–water partition coefficient (Wildman–Crippen LogP) is 4.21. The number of aliphatic imine (C=N–C) groups is 1. The standard InChI is InChI=1S/C16H27N3S.HI/c1-12-4-6-15(7-5-12)19-16(17-3)18-10-13(2)14-8-9-20-11-14;/h8-9,11-13,15H,4-7,10H2,1-3H3,(H2,17,18,19);1H. The Hall–Kier alpha value is -0.300. The lowest BCUT2D eigenvalue weighted by Gasteiger charge is -2.28. The van der Waals surface area contributed by atoms with Crippen molar-refractivity contribution in [3.05, 3.63) is 22.4 Å². The predicted molar refractivity (Wildman–Crippen MR) is 104 cm³/mol. The average molecular weight is 421 g/mol. The highest BCUT2D eigenvalue weighted by Crippen LogP contribution is 2.23. The zero-order chi connectivity index (χ0) is 14.4. The molecular formula is C16H28IN3S. The number of hydrogen-bond donors (Lipinski definition) is 2. The van der Waals surface area contributed by atoms with Gasteiger partial charge in [0, 0.05) is 19.6 Å². The molecule has 1 aliphatic rings. The fraction of sp³-hybridized carbons (Fsp3) is 0.688. The Labute approximate surface area is 150 Å². The van der Waals surface area contributed by atoms with Crippen molar-refractivity contribution in [2.75, 3.05) is 13.6 Å². The van der Waals surface area contributed by atoms with Crippen LogP contribution in [0.3, 0.4) is 0 Å². The van der Waals surface area contributed by atoms with Crippen molar-refractivity contribution in [1.29, 1.82) is 0 Å². The molecule has 1 heterocycles. The van der Waals surface area contributed by atoms with Crippen molar-refractivity contribution in [2.45, 2.75) is 51.5 Å². The number of nitrogens with zero attached hydrogens (tertiary/aromatic N) is 1. The third-order valence-electron chi connectivity index (χ3n) is 4.27. The molecule has 1 atom stereocenters. The number of nitrogens with one attached hydrogen (secondary N) is 2. The van der Waals surface area contributed by atoms with Crippen LogP contribution in [0.1, 0.15) is 51.0 Å². The van der Waals surface area contributed by atoms with E-state index in [4.69, 9.17) is 0 Å². The van der Waals surface area contributed by atoms with E-state index in [1.54, 1.807) is 11.3 Å². The highest BCUT2D eigenvalue weighted by Gasteiger charge is 2.19. The molecule has 1 unspecified atom stereocenters. The first-order valence-corrected chi connectivity index (χ1v) is 8.62.